The van der Waals surface area contributed by atoms with Crippen molar-refractivity contribution in [2.75, 3.05) is 6.61 Å². The maximum atomic E-state index is 10.0. The molecule has 19 heavy (non-hydrogen) atoms. The monoisotopic (exact) mass is 260 g/mol. The summed E-state index contributed by atoms with van der Waals surface area (Å²) < 4.78 is 5.10. The van der Waals surface area contributed by atoms with Gasteiger partial charge in [0.05, 0.1) is 0 Å². The summed E-state index contributed by atoms with van der Waals surface area (Å²) in [5, 5.41) is 18.0. The molecule has 0 fully saturated rings. The summed E-state index contributed by atoms with van der Waals surface area (Å²) >= 11 is 0. The molecular weight excluding hydrogens is 248 g/mol. The third kappa shape index (κ3) is 3.05. The lowest BCUT2D eigenvalue weighted by molar-refractivity contribution is 0.111. The summed E-state index contributed by atoms with van der Waals surface area (Å²) in [6, 6.07) is 6.56. The van der Waals surface area contributed by atoms with Crippen molar-refractivity contribution in [1.29, 1.82) is 0 Å². The van der Waals surface area contributed by atoms with Gasteiger partial charge in [-0.3, -0.25) is 9.78 Å². The first kappa shape index (κ1) is 13.0. The quantitative estimate of drug-likeness (QED) is 0.746. The Labute approximate surface area is 109 Å². The second-order valence-corrected chi connectivity index (χ2v) is 3.74. The van der Waals surface area contributed by atoms with Crippen molar-refractivity contribution in [2.45, 2.75) is 6.10 Å². The molecule has 3 heterocycles. The van der Waals surface area contributed by atoms with Crippen molar-refractivity contribution in [3.05, 3.63) is 48.0 Å². The summed E-state index contributed by atoms with van der Waals surface area (Å²) in [5.74, 6) is 0.627. The van der Waals surface area contributed by atoms with Crippen molar-refractivity contribution >= 4 is 6.29 Å². The lowest BCUT2D eigenvalue weighted by atomic mass is 10.2. The van der Waals surface area contributed by atoms with Crippen molar-refractivity contribution < 1.29 is 19.7 Å². The Hall–Kier alpha value is -2.47. The Balaban J connectivity index is 0.000000141. The number of nitrogens with zero attached hydrogens (tertiary/aromatic N) is 2. The SMILES string of the molecule is O=Cc1ncccc1O.OC1COc2cccnc21. The van der Waals surface area contributed by atoms with Crippen LogP contribution >= 0.6 is 0 Å². The van der Waals surface area contributed by atoms with Crippen LogP contribution in [0.25, 0.3) is 0 Å². The highest BCUT2D eigenvalue weighted by Crippen LogP contribution is 2.28. The van der Waals surface area contributed by atoms with Gasteiger partial charge in [-0.2, -0.15) is 0 Å². The number of aromatic hydroxyl groups is 1. The molecule has 0 bridgehead atoms. The molecule has 3 rings (SSSR count). The number of carbonyl (C=O) groups is 1. The Bertz CT molecular complexity index is 574. The first-order chi connectivity index (χ1) is 9.22. The summed E-state index contributed by atoms with van der Waals surface area (Å²) in [5.41, 5.74) is 0.736. The molecule has 0 saturated carbocycles. The van der Waals surface area contributed by atoms with E-state index in [1.54, 1.807) is 24.4 Å². The Kier molecular flexibility index (Phi) is 4.04. The second kappa shape index (κ2) is 5.92. The van der Waals surface area contributed by atoms with E-state index in [0.29, 0.717) is 24.3 Å². The van der Waals surface area contributed by atoms with E-state index in [9.17, 15) is 9.90 Å². The summed E-state index contributed by atoms with van der Waals surface area (Å²) in [7, 11) is 0. The number of aliphatic hydroxyl groups excluding tert-OH is 1. The number of aldehydes is 1. The molecule has 0 radical (unpaired) electrons. The minimum Gasteiger partial charge on any atom is -0.506 e. The van der Waals surface area contributed by atoms with Crippen LogP contribution < -0.4 is 4.74 Å². The maximum absolute atomic E-state index is 10.0. The minimum absolute atomic E-state index is 0.0764. The smallest absolute Gasteiger partial charge is 0.172 e. The molecule has 0 aliphatic carbocycles. The van der Waals surface area contributed by atoms with Gasteiger partial charge in [-0.25, -0.2) is 4.98 Å². The van der Waals surface area contributed by atoms with E-state index in [1.807, 2.05) is 0 Å². The zero-order valence-corrected chi connectivity index (χ0v) is 9.93. The Morgan fingerprint density at radius 2 is 2.00 bits per heavy atom. The standard InChI is InChI=1S/C7H7NO2.C6H5NO2/c9-5-4-10-6-2-1-3-8-7(5)6;8-4-5-6(9)2-1-3-7-5/h1-3,5,9H,4H2;1-4,9H. The lowest BCUT2D eigenvalue weighted by Crippen LogP contribution is -1.98. The van der Waals surface area contributed by atoms with Gasteiger partial charge in [0.15, 0.2) is 6.29 Å². The van der Waals surface area contributed by atoms with Crippen molar-refractivity contribution in [3.8, 4) is 11.5 Å². The van der Waals surface area contributed by atoms with Gasteiger partial charge in [-0.15, -0.1) is 0 Å². The number of aliphatic hydroxyl groups is 1. The van der Waals surface area contributed by atoms with Crippen molar-refractivity contribution in [1.82, 2.24) is 9.97 Å². The summed E-state index contributed by atoms with van der Waals surface area (Å²) in [4.78, 5) is 17.5. The predicted octanol–water partition coefficient (Wildman–Crippen LogP) is 1.11. The molecule has 0 saturated heterocycles. The van der Waals surface area contributed by atoms with Gasteiger partial charge in [-0.1, -0.05) is 0 Å². The van der Waals surface area contributed by atoms with Gasteiger partial charge in [0.2, 0.25) is 0 Å². The number of pyridine rings is 2. The average Bonchev–Trinajstić information content (AvgIpc) is 2.82. The highest BCUT2D eigenvalue weighted by molar-refractivity contribution is 5.75. The Morgan fingerprint density at radius 1 is 1.26 bits per heavy atom. The molecule has 2 N–H and O–H groups in total. The molecule has 1 atom stereocenters. The number of ether oxygens (including phenoxy) is 1. The third-order valence-electron chi connectivity index (χ3n) is 2.44. The fourth-order valence-electron chi connectivity index (χ4n) is 1.52. The molecular formula is C13H12N2O4. The van der Waals surface area contributed by atoms with Gasteiger partial charge >= 0.3 is 0 Å². The molecule has 2 aromatic rings. The van der Waals surface area contributed by atoms with Crippen LogP contribution in [0, 0.1) is 0 Å². The molecule has 0 aromatic carbocycles. The zero-order valence-electron chi connectivity index (χ0n) is 9.93. The average molecular weight is 260 g/mol. The summed E-state index contributed by atoms with van der Waals surface area (Å²) in [6.07, 6.45) is 3.08. The van der Waals surface area contributed by atoms with Crippen LogP contribution in [0.2, 0.25) is 0 Å². The van der Waals surface area contributed by atoms with E-state index in [4.69, 9.17) is 9.84 Å². The van der Waals surface area contributed by atoms with Crippen molar-refractivity contribution in [2.24, 2.45) is 0 Å². The van der Waals surface area contributed by atoms with Crippen LogP contribution in [-0.4, -0.2) is 33.1 Å². The van der Waals surface area contributed by atoms with E-state index in [0.717, 1.165) is 0 Å². The van der Waals surface area contributed by atoms with E-state index in [1.165, 1.54) is 12.3 Å². The van der Waals surface area contributed by atoms with Crippen LogP contribution in [0.15, 0.2) is 36.7 Å². The molecule has 6 heteroatoms. The van der Waals surface area contributed by atoms with Gasteiger partial charge in [0, 0.05) is 12.4 Å². The van der Waals surface area contributed by atoms with E-state index >= 15 is 0 Å². The topological polar surface area (TPSA) is 92.5 Å². The van der Waals surface area contributed by atoms with E-state index < -0.39 is 6.10 Å². The number of aromatic nitrogens is 2. The van der Waals surface area contributed by atoms with E-state index in [-0.39, 0.29) is 11.4 Å². The normalized spacial score (nSPS) is 15.7. The van der Waals surface area contributed by atoms with Crippen LogP contribution in [-0.2, 0) is 0 Å². The predicted molar refractivity (Wildman–Crippen MR) is 66.0 cm³/mol. The third-order valence-corrected chi connectivity index (χ3v) is 2.44. The molecule has 0 spiro atoms. The Morgan fingerprint density at radius 3 is 2.63 bits per heavy atom. The number of hydrogen-bond acceptors (Lipinski definition) is 6. The fraction of sp³-hybridized carbons (Fsp3) is 0.154. The molecule has 98 valence electrons. The van der Waals surface area contributed by atoms with Gasteiger partial charge in [0.25, 0.3) is 0 Å². The maximum Gasteiger partial charge on any atom is 0.172 e. The van der Waals surface area contributed by atoms with Crippen LogP contribution in [0.1, 0.15) is 22.3 Å². The number of carbonyl (C=O) groups excluding carboxylic acids is 1. The molecule has 0 amide bonds. The van der Waals surface area contributed by atoms with Gasteiger partial charge in [-0.05, 0) is 24.3 Å². The molecule has 2 aromatic heterocycles. The van der Waals surface area contributed by atoms with Crippen molar-refractivity contribution in [3.63, 3.8) is 0 Å². The first-order valence-electron chi connectivity index (χ1n) is 5.57. The number of rotatable bonds is 1. The number of fused-ring (bicyclic) bond motifs is 1. The number of hydrogen-bond donors (Lipinski definition) is 2. The largest absolute Gasteiger partial charge is 0.506 e. The molecule has 1 aliphatic heterocycles. The highest BCUT2D eigenvalue weighted by atomic mass is 16.5. The molecule has 1 aliphatic rings. The molecule has 1 unspecified atom stereocenters. The van der Waals surface area contributed by atoms with Crippen LogP contribution in [0.5, 0.6) is 11.5 Å². The van der Waals surface area contributed by atoms with Crippen LogP contribution in [0.4, 0.5) is 0 Å². The first-order valence-corrected chi connectivity index (χ1v) is 5.57. The van der Waals surface area contributed by atoms with Gasteiger partial charge < -0.3 is 14.9 Å². The zero-order chi connectivity index (χ0) is 13.7. The van der Waals surface area contributed by atoms with Gasteiger partial charge in [0.1, 0.15) is 35.6 Å². The van der Waals surface area contributed by atoms with Crippen LogP contribution in [0.3, 0.4) is 0 Å². The minimum atomic E-state index is -0.531. The lowest BCUT2D eigenvalue weighted by Gasteiger charge is -1.94. The summed E-state index contributed by atoms with van der Waals surface area (Å²) in [6.45, 7) is 0.340. The fourth-order valence-corrected chi connectivity index (χ4v) is 1.52. The second-order valence-electron chi connectivity index (χ2n) is 3.74. The highest BCUT2D eigenvalue weighted by Gasteiger charge is 2.21. The van der Waals surface area contributed by atoms with E-state index in [2.05, 4.69) is 9.97 Å². The molecule has 6 nitrogen and oxygen atoms in total.